The summed E-state index contributed by atoms with van der Waals surface area (Å²) in [6, 6.07) is 0. The Balaban J connectivity index is 0.00000484. The zero-order valence-electron chi connectivity index (χ0n) is 14.9. The molecule has 2 N–H and O–H groups in total. The van der Waals surface area contributed by atoms with Gasteiger partial charge in [0.2, 0.25) is 0 Å². The first kappa shape index (κ1) is 22.9. The third-order valence-corrected chi connectivity index (χ3v) is 4.22. The highest BCUT2D eigenvalue weighted by Crippen LogP contribution is 2.28. The van der Waals surface area contributed by atoms with Gasteiger partial charge in [0.05, 0.1) is 13.2 Å². The van der Waals surface area contributed by atoms with Crippen molar-refractivity contribution < 1.29 is 9.47 Å². The Hall–Kier alpha value is -0.0800. The van der Waals surface area contributed by atoms with Gasteiger partial charge >= 0.3 is 0 Å². The third kappa shape index (κ3) is 12.9. The van der Waals surface area contributed by atoms with Crippen LogP contribution in [-0.4, -0.2) is 53.0 Å². The highest BCUT2D eigenvalue weighted by atomic mass is 127. The van der Waals surface area contributed by atoms with Crippen LogP contribution in [0.5, 0.6) is 0 Å². The molecule has 0 bridgehead atoms. The number of halogens is 1. The summed E-state index contributed by atoms with van der Waals surface area (Å²) in [5, 5.41) is 6.76. The second kappa shape index (κ2) is 16.8. The minimum atomic E-state index is 0. The summed E-state index contributed by atoms with van der Waals surface area (Å²) in [7, 11) is 3.53. The SMILES string of the molecule is CN=C(NCCCCOCCOC)NCCCC1CCCC1.I. The lowest BCUT2D eigenvalue weighted by molar-refractivity contribution is 0.0689. The van der Waals surface area contributed by atoms with Crippen molar-refractivity contribution >= 4 is 29.9 Å². The lowest BCUT2D eigenvalue weighted by Gasteiger charge is -2.13. The van der Waals surface area contributed by atoms with Crippen molar-refractivity contribution in [3.8, 4) is 0 Å². The molecule has 0 aromatic heterocycles. The van der Waals surface area contributed by atoms with Crippen LogP contribution in [0, 0.1) is 5.92 Å². The minimum absolute atomic E-state index is 0. The lowest BCUT2D eigenvalue weighted by Crippen LogP contribution is -2.38. The topological polar surface area (TPSA) is 54.9 Å². The van der Waals surface area contributed by atoms with E-state index in [2.05, 4.69) is 15.6 Å². The maximum absolute atomic E-state index is 5.44. The van der Waals surface area contributed by atoms with E-state index in [9.17, 15) is 0 Å². The first-order valence-electron chi connectivity index (χ1n) is 8.88. The molecule has 6 heteroatoms. The van der Waals surface area contributed by atoms with Gasteiger partial charge in [0.15, 0.2) is 5.96 Å². The van der Waals surface area contributed by atoms with E-state index in [1.807, 2.05) is 7.05 Å². The summed E-state index contributed by atoms with van der Waals surface area (Å²) in [4.78, 5) is 4.26. The molecule has 0 unspecified atom stereocenters. The molecular weight excluding hydrogens is 405 g/mol. The zero-order valence-corrected chi connectivity index (χ0v) is 17.3. The number of hydrogen-bond donors (Lipinski definition) is 2. The van der Waals surface area contributed by atoms with Crippen LogP contribution in [0.15, 0.2) is 4.99 Å². The van der Waals surface area contributed by atoms with Crippen LogP contribution in [-0.2, 0) is 9.47 Å². The fourth-order valence-corrected chi connectivity index (χ4v) is 2.90. The fraction of sp³-hybridized carbons (Fsp3) is 0.941. The Kier molecular flexibility index (Phi) is 16.7. The molecule has 0 atom stereocenters. The fourth-order valence-electron chi connectivity index (χ4n) is 2.90. The number of ether oxygens (including phenoxy) is 2. The van der Waals surface area contributed by atoms with E-state index < -0.39 is 0 Å². The smallest absolute Gasteiger partial charge is 0.190 e. The van der Waals surface area contributed by atoms with E-state index in [-0.39, 0.29) is 24.0 Å². The highest BCUT2D eigenvalue weighted by Gasteiger charge is 2.13. The molecule has 1 saturated carbocycles. The number of unbranched alkanes of at least 4 members (excludes halogenated alkanes) is 1. The van der Waals surface area contributed by atoms with Crippen LogP contribution >= 0.6 is 24.0 Å². The van der Waals surface area contributed by atoms with Gasteiger partial charge in [0, 0.05) is 33.9 Å². The Labute approximate surface area is 159 Å². The largest absolute Gasteiger partial charge is 0.382 e. The van der Waals surface area contributed by atoms with Gasteiger partial charge in [-0.2, -0.15) is 0 Å². The zero-order chi connectivity index (χ0) is 15.9. The normalized spacial score (nSPS) is 15.5. The Bertz CT molecular complexity index is 285. The molecular formula is C17H36IN3O2. The average Bonchev–Trinajstić information content (AvgIpc) is 3.05. The molecule has 0 aromatic rings. The molecule has 138 valence electrons. The quantitative estimate of drug-likeness (QED) is 0.212. The molecule has 23 heavy (non-hydrogen) atoms. The van der Waals surface area contributed by atoms with Gasteiger partial charge in [-0.15, -0.1) is 24.0 Å². The number of hydrogen-bond acceptors (Lipinski definition) is 3. The maximum atomic E-state index is 5.44. The number of rotatable bonds is 12. The molecule has 0 aliphatic heterocycles. The van der Waals surface area contributed by atoms with Gasteiger partial charge in [-0.3, -0.25) is 4.99 Å². The molecule has 1 aliphatic carbocycles. The van der Waals surface area contributed by atoms with E-state index >= 15 is 0 Å². The molecule has 0 spiro atoms. The van der Waals surface area contributed by atoms with Crippen LogP contribution in [0.2, 0.25) is 0 Å². The van der Waals surface area contributed by atoms with Crippen molar-refractivity contribution in [3.63, 3.8) is 0 Å². The first-order chi connectivity index (χ1) is 10.9. The van der Waals surface area contributed by atoms with Crippen molar-refractivity contribution in [2.45, 2.75) is 51.4 Å². The van der Waals surface area contributed by atoms with Gasteiger partial charge in [-0.25, -0.2) is 0 Å². The summed E-state index contributed by atoms with van der Waals surface area (Å²) in [6.07, 6.45) is 10.5. The van der Waals surface area contributed by atoms with Crippen LogP contribution < -0.4 is 10.6 Å². The Morgan fingerprint density at radius 3 is 2.35 bits per heavy atom. The molecule has 0 saturated heterocycles. The third-order valence-electron chi connectivity index (χ3n) is 4.22. The van der Waals surface area contributed by atoms with Gasteiger partial charge in [0.25, 0.3) is 0 Å². The van der Waals surface area contributed by atoms with E-state index in [0.29, 0.717) is 13.2 Å². The Morgan fingerprint density at radius 2 is 1.70 bits per heavy atom. The highest BCUT2D eigenvalue weighted by molar-refractivity contribution is 14.0. The van der Waals surface area contributed by atoms with Crippen molar-refractivity contribution in [3.05, 3.63) is 0 Å². The standard InChI is InChI=1S/C17H35N3O2.HI/c1-18-17(19-11-5-6-13-22-15-14-21-2)20-12-7-10-16-8-3-4-9-16;/h16H,3-15H2,1-2H3,(H2,18,19,20);1H. The summed E-state index contributed by atoms with van der Waals surface area (Å²) in [5.41, 5.74) is 0. The molecule has 0 amide bonds. The van der Waals surface area contributed by atoms with Crippen molar-refractivity contribution in [1.29, 1.82) is 0 Å². The van der Waals surface area contributed by atoms with Gasteiger partial charge in [-0.1, -0.05) is 25.7 Å². The van der Waals surface area contributed by atoms with Crippen LogP contribution in [0.25, 0.3) is 0 Å². The molecule has 1 aliphatic rings. The number of guanidine groups is 1. The number of nitrogens with zero attached hydrogens (tertiary/aromatic N) is 1. The van der Waals surface area contributed by atoms with E-state index in [0.717, 1.165) is 44.4 Å². The molecule has 5 nitrogen and oxygen atoms in total. The first-order valence-corrected chi connectivity index (χ1v) is 8.88. The van der Waals surface area contributed by atoms with E-state index in [4.69, 9.17) is 9.47 Å². The Morgan fingerprint density at radius 1 is 1.00 bits per heavy atom. The van der Waals surface area contributed by atoms with Gasteiger partial charge in [0.1, 0.15) is 0 Å². The van der Waals surface area contributed by atoms with Crippen LogP contribution in [0.1, 0.15) is 51.4 Å². The number of nitrogens with one attached hydrogen (secondary N) is 2. The van der Waals surface area contributed by atoms with E-state index in [1.54, 1.807) is 7.11 Å². The maximum Gasteiger partial charge on any atom is 0.190 e. The molecule has 0 aromatic carbocycles. The van der Waals surface area contributed by atoms with E-state index in [1.165, 1.54) is 38.5 Å². The van der Waals surface area contributed by atoms with Crippen LogP contribution in [0.3, 0.4) is 0 Å². The van der Waals surface area contributed by atoms with Crippen molar-refractivity contribution in [2.24, 2.45) is 10.9 Å². The molecule has 0 heterocycles. The second-order valence-corrected chi connectivity index (χ2v) is 6.03. The average molecular weight is 441 g/mol. The van der Waals surface area contributed by atoms with Crippen LogP contribution in [0.4, 0.5) is 0 Å². The van der Waals surface area contributed by atoms with Gasteiger partial charge in [-0.05, 0) is 31.6 Å². The summed E-state index contributed by atoms with van der Waals surface area (Å²) < 4.78 is 10.4. The second-order valence-electron chi connectivity index (χ2n) is 6.03. The molecule has 1 fully saturated rings. The molecule has 1 rings (SSSR count). The van der Waals surface area contributed by atoms with Gasteiger partial charge < -0.3 is 20.1 Å². The summed E-state index contributed by atoms with van der Waals surface area (Å²) in [5.74, 6) is 1.90. The van der Waals surface area contributed by atoms with Crippen molar-refractivity contribution in [1.82, 2.24) is 10.6 Å². The number of aliphatic imine (C=N–C) groups is 1. The lowest BCUT2D eigenvalue weighted by atomic mass is 10.0. The van der Waals surface area contributed by atoms with Crippen molar-refractivity contribution in [2.75, 3.05) is 47.1 Å². The summed E-state index contributed by atoms with van der Waals surface area (Å²) in [6.45, 7) is 4.13. The monoisotopic (exact) mass is 441 g/mol. The predicted molar refractivity (Wildman–Crippen MR) is 108 cm³/mol. The number of methoxy groups -OCH3 is 1. The predicted octanol–water partition coefficient (Wildman–Crippen LogP) is 3.18. The minimum Gasteiger partial charge on any atom is -0.382 e. The summed E-state index contributed by atoms with van der Waals surface area (Å²) >= 11 is 0. The molecule has 0 radical (unpaired) electrons.